The molecule has 0 aromatic heterocycles. The zero-order valence-electron chi connectivity index (χ0n) is 22.6. The van der Waals surface area contributed by atoms with Gasteiger partial charge in [-0.1, -0.05) is 72.0 Å². The highest BCUT2D eigenvalue weighted by atomic mass is 28.3. The molecular formula is C28H44O5Si. The molecule has 0 atom stereocenters. The third kappa shape index (κ3) is 8.03. The van der Waals surface area contributed by atoms with E-state index in [9.17, 15) is 5.11 Å². The maximum absolute atomic E-state index is 11.0. The highest BCUT2D eigenvalue weighted by molar-refractivity contribution is 6.89. The summed E-state index contributed by atoms with van der Waals surface area (Å²) >= 11 is 0. The molecule has 0 heterocycles. The normalized spacial score (nSPS) is 12.6. The molecule has 0 saturated heterocycles. The quantitative estimate of drug-likeness (QED) is 0.331. The third-order valence-electron chi connectivity index (χ3n) is 5.86. The number of aromatic hydroxyl groups is 1. The van der Waals surface area contributed by atoms with Crippen molar-refractivity contribution < 1.29 is 24.1 Å². The first-order valence-corrected chi connectivity index (χ1v) is 15.3. The van der Waals surface area contributed by atoms with E-state index in [1.54, 1.807) is 7.11 Å². The van der Waals surface area contributed by atoms with Crippen LogP contribution in [0.4, 0.5) is 0 Å². The van der Waals surface area contributed by atoms with Crippen LogP contribution in [0.5, 0.6) is 17.2 Å². The van der Waals surface area contributed by atoms with Crippen molar-refractivity contribution in [3.8, 4) is 17.2 Å². The summed E-state index contributed by atoms with van der Waals surface area (Å²) in [5.74, 6) is 2.04. The second kappa shape index (κ2) is 11.6. The molecule has 0 saturated carbocycles. The van der Waals surface area contributed by atoms with Gasteiger partial charge in [-0.25, -0.2) is 0 Å². The van der Waals surface area contributed by atoms with Crippen molar-refractivity contribution in [2.75, 3.05) is 39.8 Å². The predicted octanol–water partition coefficient (Wildman–Crippen LogP) is 5.56. The van der Waals surface area contributed by atoms with E-state index in [2.05, 4.69) is 66.8 Å². The fourth-order valence-corrected chi connectivity index (χ4v) is 5.41. The second-order valence-corrected chi connectivity index (χ2v) is 16.2. The number of phenolic OH excluding ortho intramolecular Hbond substituents is 1. The minimum absolute atomic E-state index is 0.180. The van der Waals surface area contributed by atoms with E-state index in [4.69, 9.17) is 18.9 Å². The molecule has 0 aliphatic heterocycles. The first kappa shape index (κ1) is 28.2. The highest BCUT2D eigenvalue weighted by Crippen LogP contribution is 2.41. The zero-order chi connectivity index (χ0) is 25.6. The Bertz CT molecular complexity index is 873. The van der Waals surface area contributed by atoms with Crippen LogP contribution < -0.4 is 14.7 Å². The van der Waals surface area contributed by atoms with E-state index in [1.165, 1.54) is 5.19 Å². The van der Waals surface area contributed by atoms with Gasteiger partial charge in [0.25, 0.3) is 0 Å². The van der Waals surface area contributed by atoms with Crippen LogP contribution in [-0.4, -0.2) is 52.9 Å². The van der Waals surface area contributed by atoms with Crippen LogP contribution in [0.2, 0.25) is 13.1 Å². The number of benzene rings is 2. The van der Waals surface area contributed by atoms with Gasteiger partial charge in [-0.15, -0.1) is 0 Å². The third-order valence-corrected chi connectivity index (χ3v) is 8.63. The average Bonchev–Trinajstić information content (AvgIpc) is 2.74. The molecular weight excluding hydrogens is 444 g/mol. The fraction of sp³-hybridized carbons (Fsp3) is 0.571. The Balaban J connectivity index is 2.08. The number of hydrogen-bond acceptors (Lipinski definition) is 5. The van der Waals surface area contributed by atoms with Crippen LogP contribution in [0.25, 0.3) is 0 Å². The maximum atomic E-state index is 11.0. The maximum Gasteiger partial charge on any atom is 0.124 e. The van der Waals surface area contributed by atoms with Crippen molar-refractivity contribution in [1.29, 1.82) is 0 Å². The molecule has 190 valence electrons. The first-order chi connectivity index (χ1) is 15.8. The van der Waals surface area contributed by atoms with Gasteiger partial charge in [0.1, 0.15) is 31.9 Å². The predicted molar refractivity (Wildman–Crippen MR) is 143 cm³/mol. The molecule has 34 heavy (non-hydrogen) atoms. The molecule has 2 rings (SSSR count). The average molecular weight is 489 g/mol. The Labute approximate surface area is 207 Å². The van der Waals surface area contributed by atoms with Gasteiger partial charge >= 0.3 is 0 Å². The fourth-order valence-electron chi connectivity index (χ4n) is 3.65. The monoisotopic (exact) mass is 488 g/mol. The molecule has 0 aliphatic rings. The van der Waals surface area contributed by atoms with E-state index >= 15 is 0 Å². The van der Waals surface area contributed by atoms with Crippen LogP contribution in [0.1, 0.15) is 52.7 Å². The Morgan fingerprint density at radius 2 is 1.26 bits per heavy atom. The second-order valence-electron chi connectivity index (χ2n) is 11.5. The van der Waals surface area contributed by atoms with Crippen LogP contribution >= 0.6 is 0 Å². The number of phenols is 1. The van der Waals surface area contributed by atoms with Crippen molar-refractivity contribution in [2.24, 2.45) is 0 Å². The summed E-state index contributed by atoms with van der Waals surface area (Å²) in [6.45, 7) is 19.5. The number of hydrogen-bond donors (Lipinski definition) is 1. The molecule has 1 N–H and O–H groups in total. The van der Waals surface area contributed by atoms with Crippen molar-refractivity contribution in [1.82, 2.24) is 0 Å². The molecule has 0 bridgehead atoms. The Morgan fingerprint density at radius 3 is 1.76 bits per heavy atom. The summed E-state index contributed by atoms with van der Waals surface area (Å²) in [5.41, 5.74) is 1.48. The Hall–Kier alpha value is -2.02. The summed E-state index contributed by atoms with van der Waals surface area (Å²) in [7, 11) is -0.196. The molecule has 0 amide bonds. The first-order valence-electron chi connectivity index (χ1n) is 12.1. The van der Waals surface area contributed by atoms with Crippen LogP contribution in [0.15, 0.2) is 36.4 Å². The largest absolute Gasteiger partial charge is 0.507 e. The SMILES string of the molecule is COCCOCCOc1ccc([Si](C)(C)COc2cc(C(C)(C)C)c(O)c(C(C)(C)C)c2)cc1. The zero-order valence-corrected chi connectivity index (χ0v) is 23.6. The van der Waals surface area contributed by atoms with Gasteiger partial charge in [-0.3, -0.25) is 0 Å². The molecule has 2 aromatic rings. The van der Waals surface area contributed by atoms with Gasteiger partial charge in [0, 0.05) is 18.2 Å². The molecule has 0 aliphatic carbocycles. The van der Waals surface area contributed by atoms with Crippen LogP contribution in [-0.2, 0) is 20.3 Å². The molecule has 0 spiro atoms. The summed E-state index contributed by atoms with van der Waals surface area (Å²) < 4.78 is 22.6. The van der Waals surface area contributed by atoms with E-state index in [-0.39, 0.29) is 10.8 Å². The smallest absolute Gasteiger partial charge is 0.124 e. The topological polar surface area (TPSA) is 57.2 Å². The molecule has 6 heteroatoms. The van der Waals surface area contributed by atoms with Gasteiger partial charge in [-0.2, -0.15) is 0 Å². The van der Waals surface area contributed by atoms with Crippen LogP contribution in [0, 0.1) is 0 Å². The minimum atomic E-state index is -1.86. The van der Waals surface area contributed by atoms with E-state index in [1.807, 2.05) is 24.3 Å². The molecule has 0 radical (unpaired) electrons. The van der Waals surface area contributed by atoms with E-state index in [0.29, 0.717) is 38.4 Å². The van der Waals surface area contributed by atoms with Crippen molar-refractivity contribution in [3.63, 3.8) is 0 Å². The summed E-state index contributed by atoms with van der Waals surface area (Å²) in [4.78, 5) is 0. The Kier molecular flexibility index (Phi) is 9.63. The summed E-state index contributed by atoms with van der Waals surface area (Å²) in [6, 6.07) is 12.3. The standard InChI is InChI=1S/C28H44O5Si/c1-27(2,3)24-18-22(19-25(26(24)29)28(4,5)6)33-20-34(8,9)23-12-10-21(11-13-23)32-17-16-31-15-14-30-7/h10-13,18-19,29H,14-17,20H2,1-9H3. The lowest BCUT2D eigenvalue weighted by molar-refractivity contribution is 0.0544. The lowest BCUT2D eigenvalue weighted by Gasteiger charge is -2.29. The van der Waals surface area contributed by atoms with Crippen molar-refractivity contribution >= 4 is 13.3 Å². The highest BCUT2D eigenvalue weighted by Gasteiger charge is 2.29. The van der Waals surface area contributed by atoms with Crippen molar-refractivity contribution in [3.05, 3.63) is 47.5 Å². The summed E-state index contributed by atoms with van der Waals surface area (Å²) in [6.07, 6.45) is 0.651. The molecule has 2 aromatic carbocycles. The van der Waals surface area contributed by atoms with Gasteiger partial charge in [0.05, 0.1) is 26.1 Å². The van der Waals surface area contributed by atoms with Crippen molar-refractivity contribution in [2.45, 2.75) is 65.5 Å². The van der Waals surface area contributed by atoms with E-state index in [0.717, 1.165) is 22.6 Å². The molecule has 5 nitrogen and oxygen atoms in total. The van der Waals surface area contributed by atoms with E-state index < -0.39 is 8.07 Å². The lowest BCUT2D eigenvalue weighted by Crippen LogP contribution is -2.47. The number of methoxy groups -OCH3 is 1. The van der Waals surface area contributed by atoms with Gasteiger partial charge in [-0.05, 0) is 35.1 Å². The Morgan fingerprint density at radius 1 is 0.735 bits per heavy atom. The number of ether oxygens (including phenoxy) is 4. The molecule has 0 unspecified atom stereocenters. The van der Waals surface area contributed by atoms with Gasteiger partial charge < -0.3 is 24.1 Å². The minimum Gasteiger partial charge on any atom is -0.507 e. The van der Waals surface area contributed by atoms with Gasteiger partial charge in [0.2, 0.25) is 0 Å². The molecule has 0 fully saturated rings. The van der Waals surface area contributed by atoms with Gasteiger partial charge in [0.15, 0.2) is 0 Å². The lowest BCUT2D eigenvalue weighted by atomic mass is 9.79. The summed E-state index contributed by atoms with van der Waals surface area (Å²) in [5, 5.41) is 12.3. The van der Waals surface area contributed by atoms with Crippen LogP contribution in [0.3, 0.4) is 0 Å². The number of rotatable bonds is 11.